The molecular formula is C10H7BrClN5O2. The van der Waals surface area contributed by atoms with Gasteiger partial charge in [0.2, 0.25) is 5.82 Å². The monoisotopic (exact) mass is 343 g/mol. The highest BCUT2D eigenvalue weighted by Gasteiger charge is 2.19. The highest BCUT2D eigenvalue weighted by atomic mass is 79.9. The Morgan fingerprint density at radius 1 is 1.37 bits per heavy atom. The van der Waals surface area contributed by atoms with Gasteiger partial charge in [-0.05, 0) is 22.0 Å². The van der Waals surface area contributed by atoms with Crippen molar-refractivity contribution in [2.24, 2.45) is 0 Å². The molecule has 0 radical (unpaired) electrons. The van der Waals surface area contributed by atoms with Crippen LogP contribution in [0.5, 0.6) is 0 Å². The number of nitrogens with zero attached hydrogens (tertiary/aromatic N) is 3. The van der Waals surface area contributed by atoms with Crippen LogP contribution >= 0.6 is 27.5 Å². The van der Waals surface area contributed by atoms with Crippen LogP contribution in [0.25, 0.3) is 11.3 Å². The van der Waals surface area contributed by atoms with Gasteiger partial charge in [0.05, 0.1) is 20.1 Å². The second-order valence-corrected chi connectivity index (χ2v) is 4.83. The summed E-state index contributed by atoms with van der Waals surface area (Å²) in [5.41, 5.74) is 11.7. The molecule has 0 saturated heterocycles. The molecule has 2 aromatic rings. The molecule has 2 aromatic heterocycles. The van der Waals surface area contributed by atoms with Crippen molar-refractivity contribution in [3.8, 4) is 11.3 Å². The van der Waals surface area contributed by atoms with Gasteiger partial charge in [-0.3, -0.25) is 10.1 Å². The molecule has 0 aliphatic rings. The number of halogens is 2. The second kappa shape index (κ2) is 4.98. The molecule has 9 heteroatoms. The number of hydrogen-bond donors (Lipinski definition) is 2. The molecule has 0 saturated carbocycles. The molecule has 0 aliphatic carbocycles. The summed E-state index contributed by atoms with van der Waals surface area (Å²) in [5, 5.41) is 11.1. The van der Waals surface area contributed by atoms with E-state index < -0.39 is 4.92 Å². The first-order valence-electron chi connectivity index (χ1n) is 4.92. The third-order valence-corrected chi connectivity index (χ3v) is 3.22. The molecule has 0 bridgehead atoms. The van der Waals surface area contributed by atoms with Gasteiger partial charge in [0, 0.05) is 17.8 Å². The lowest BCUT2D eigenvalue weighted by Crippen LogP contribution is -2.01. The maximum atomic E-state index is 10.8. The normalized spacial score (nSPS) is 10.4. The zero-order chi connectivity index (χ0) is 14.2. The summed E-state index contributed by atoms with van der Waals surface area (Å²) >= 11 is 9.21. The predicted molar refractivity (Wildman–Crippen MR) is 75.7 cm³/mol. The van der Waals surface area contributed by atoms with Gasteiger partial charge in [0.1, 0.15) is 5.82 Å². The van der Waals surface area contributed by atoms with Crippen molar-refractivity contribution in [2.75, 3.05) is 11.5 Å². The summed E-state index contributed by atoms with van der Waals surface area (Å²) in [6.07, 6.45) is 1.37. The zero-order valence-corrected chi connectivity index (χ0v) is 11.6. The topological polar surface area (TPSA) is 121 Å². The molecular weight excluding hydrogens is 338 g/mol. The summed E-state index contributed by atoms with van der Waals surface area (Å²) in [4.78, 5) is 18.0. The van der Waals surface area contributed by atoms with Gasteiger partial charge < -0.3 is 11.5 Å². The smallest absolute Gasteiger partial charge is 0.312 e. The third-order valence-electron chi connectivity index (χ3n) is 2.31. The molecule has 98 valence electrons. The van der Waals surface area contributed by atoms with Gasteiger partial charge >= 0.3 is 5.69 Å². The van der Waals surface area contributed by atoms with Crippen LogP contribution in [0.2, 0.25) is 5.02 Å². The maximum absolute atomic E-state index is 10.8. The van der Waals surface area contributed by atoms with Crippen LogP contribution in [0, 0.1) is 10.1 Å². The average molecular weight is 345 g/mol. The van der Waals surface area contributed by atoms with E-state index in [2.05, 4.69) is 25.9 Å². The lowest BCUT2D eigenvalue weighted by molar-refractivity contribution is -0.384. The molecule has 0 spiro atoms. The van der Waals surface area contributed by atoms with Crippen molar-refractivity contribution < 1.29 is 4.92 Å². The first kappa shape index (κ1) is 13.5. The Kier molecular flexibility index (Phi) is 3.54. The number of aromatic nitrogens is 2. The number of pyridine rings is 2. The first-order valence-corrected chi connectivity index (χ1v) is 6.09. The lowest BCUT2D eigenvalue weighted by atomic mass is 10.1. The van der Waals surface area contributed by atoms with Crippen molar-refractivity contribution >= 4 is 44.9 Å². The molecule has 0 aliphatic heterocycles. The summed E-state index contributed by atoms with van der Waals surface area (Å²) < 4.78 is 0.390. The highest BCUT2D eigenvalue weighted by molar-refractivity contribution is 9.10. The van der Waals surface area contributed by atoms with Crippen molar-refractivity contribution in [3.63, 3.8) is 0 Å². The molecule has 2 rings (SSSR count). The van der Waals surface area contributed by atoms with Gasteiger partial charge in [-0.15, -0.1) is 0 Å². The predicted octanol–water partition coefficient (Wildman–Crippen LogP) is 2.63. The molecule has 0 atom stereocenters. The van der Waals surface area contributed by atoms with Gasteiger partial charge in [-0.2, -0.15) is 0 Å². The van der Waals surface area contributed by atoms with Crippen LogP contribution in [-0.2, 0) is 0 Å². The van der Waals surface area contributed by atoms with E-state index in [1.165, 1.54) is 18.3 Å². The standard InChI is InChI=1S/C10H7BrClN5O2/c11-5-2-7(17(18)19)10(14)16-9(5)4-1-8(13)15-3-6(4)12/h1-3H,(H2,13,15)(H2,14,16). The summed E-state index contributed by atoms with van der Waals surface area (Å²) in [7, 11) is 0. The van der Waals surface area contributed by atoms with E-state index >= 15 is 0 Å². The van der Waals surface area contributed by atoms with Crippen molar-refractivity contribution in [3.05, 3.63) is 37.9 Å². The van der Waals surface area contributed by atoms with Crippen molar-refractivity contribution in [2.45, 2.75) is 0 Å². The first-order chi connectivity index (χ1) is 8.90. The average Bonchev–Trinajstić information content (AvgIpc) is 2.34. The zero-order valence-electron chi connectivity index (χ0n) is 9.30. The van der Waals surface area contributed by atoms with Crippen molar-refractivity contribution in [1.82, 2.24) is 9.97 Å². The van der Waals surface area contributed by atoms with E-state index in [0.29, 0.717) is 20.8 Å². The Morgan fingerprint density at radius 2 is 2.05 bits per heavy atom. The number of anilines is 2. The third kappa shape index (κ3) is 2.59. The van der Waals surface area contributed by atoms with Crippen LogP contribution in [0.3, 0.4) is 0 Å². The van der Waals surface area contributed by atoms with E-state index in [0.717, 1.165) is 0 Å². The molecule has 0 fully saturated rings. The van der Waals surface area contributed by atoms with E-state index in [1.807, 2.05) is 0 Å². The van der Waals surface area contributed by atoms with Crippen LogP contribution < -0.4 is 11.5 Å². The highest BCUT2D eigenvalue weighted by Crippen LogP contribution is 2.36. The van der Waals surface area contributed by atoms with Gasteiger partial charge in [0.25, 0.3) is 0 Å². The number of nitro groups is 1. The van der Waals surface area contributed by atoms with Crippen molar-refractivity contribution in [1.29, 1.82) is 0 Å². The van der Waals surface area contributed by atoms with Crippen LogP contribution in [0.1, 0.15) is 0 Å². The SMILES string of the molecule is Nc1cc(-c2nc(N)c([N+](=O)[O-])cc2Br)c(Cl)cn1. The summed E-state index contributed by atoms with van der Waals surface area (Å²) in [6.45, 7) is 0. The minimum atomic E-state index is -0.612. The fourth-order valence-electron chi connectivity index (χ4n) is 1.46. The minimum absolute atomic E-state index is 0.199. The van der Waals surface area contributed by atoms with Gasteiger partial charge in [-0.1, -0.05) is 11.6 Å². The number of rotatable bonds is 2. The van der Waals surface area contributed by atoms with Crippen LogP contribution in [0.4, 0.5) is 17.3 Å². The maximum Gasteiger partial charge on any atom is 0.312 e. The Bertz CT molecular complexity index is 679. The molecule has 0 aromatic carbocycles. The summed E-state index contributed by atoms with van der Waals surface area (Å²) in [5.74, 6) is 0.0553. The largest absolute Gasteiger partial charge is 0.384 e. The molecule has 7 nitrogen and oxygen atoms in total. The lowest BCUT2D eigenvalue weighted by Gasteiger charge is -2.08. The Labute approximate surface area is 120 Å². The molecule has 2 heterocycles. The summed E-state index contributed by atoms with van der Waals surface area (Å²) in [6, 6.07) is 2.78. The fourth-order valence-corrected chi connectivity index (χ4v) is 2.18. The van der Waals surface area contributed by atoms with Crippen LogP contribution in [-0.4, -0.2) is 14.9 Å². The minimum Gasteiger partial charge on any atom is -0.384 e. The quantitative estimate of drug-likeness (QED) is 0.638. The second-order valence-electron chi connectivity index (χ2n) is 3.57. The van der Waals surface area contributed by atoms with Crippen LogP contribution in [0.15, 0.2) is 22.8 Å². The number of nitrogen functional groups attached to an aromatic ring is 2. The molecule has 0 unspecified atom stereocenters. The Morgan fingerprint density at radius 3 is 2.68 bits per heavy atom. The Hall–Kier alpha value is -1.93. The van der Waals surface area contributed by atoms with Gasteiger partial charge in [0.15, 0.2) is 0 Å². The van der Waals surface area contributed by atoms with E-state index in [-0.39, 0.29) is 17.3 Å². The van der Waals surface area contributed by atoms with E-state index in [4.69, 9.17) is 23.1 Å². The molecule has 0 amide bonds. The number of nitrogens with two attached hydrogens (primary N) is 2. The molecule has 19 heavy (non-hydrogen) atoms. The van der Waals surface area contributed by atoms with Gasteiger partial charge in [-0.25, -0.2) is 9.97 Å². The van der Waals surface area contributed by atoms with E-state index in [9.17, 15) is 10.1 Å². The Balaban J connectivity index is 2.67. The fraction of sp³-hybridized carbons (Fsp3) is 0. The molecule has 4 N–H and O–H groups in total. The van der Waals surface area contributed by atoms with E-state index in [1.54, 1.807) is 0 Å². The number of hydrogen-bond acceptors (Lipinski definition) is 6.